The van der Waals surface area contributed by atoms with Gasteiger partial charge in [0.25, 0.3) is 0 Å². The van der Waals surface area contributed by atoms with E-state index in [9.17, 15) is 0 Å². The SMILES string of the molecule is Clc1cc(Cl)nc(-c2ccc(/C=C/c3ccccc3)cc2)n1. The zero-order valence-electron chi connectivity index (χ0n) is 11.6. The van der Waals surface area contributed by atoms with Crippen LogP contribution in [0.2, 0.25) is 10.3 Å². The van der Waals surface area contributed by atoms with Gasteiger partial charge in [0.15, 0.2) is 5.82 Å². The van der Waals surface area contributed by atoms with Crippen LogP contribution in [0.3, 0.4) is 0 Å². The topological polar surface area (TPSA) is 25.8 Å². The molecule has 0 spiro atoms. The Hall–Kier alpha value is -2.16. The first-order valence-corrected chi connectivity index (χ1v) is 7.50. The number of rotatable bonds is 3. The molecule has 1 heterocycles. The predicted molar refractivity (Wildman–Crippen MR) is 92.9 cm³/mol. The average Bonchev–Trinajstić information content (AvgIpc) is 2.53. The zero-order chi connectivity index (χ0) is 15.4. The van der Waals surface area contributed by atoms with Crippen molar-refractivity contribution in [1.82, 2.24) is 9.97 Å². The molecule has 3 aromatic rings. The molecule has 0 saturated carbocycles. The van der Waals surface area contributed by atoms with Gasteiger partial charge in [0.2, 0.25) is 0 Å². The second kappa shape index (κ2) is 6.73. The number of halogens is 2. The summed E-state index contributed by atoms with van der Waals surface area (Å²) in [6.45, 7) is 0. The molecule has 0 saturated heterocycles. The normalized spacial score (nSPS) is 11.0. The van der Waals surface area contributed by atoms with E-state index in [1.54, 1.807) is 0 Å². The molecule has 4 heteroatoms. The lowest BCUT2D eigenvalue weighted by Crippen LogP contribution is -1.89. The van der Waals surface area contributed by atoms with Crippen LogP contribution in [0.4, 0.5) is 0 Å². The maximum atomic E-state index is 5.90. The van der Waals surface area contributed by atoms with E-state index < -0.39 is 0 Å². The van der Waals surface area contributed by atoms with Gasteiger partial charge in [-0.15, -0.1) is 0 Å². The summed E-state index contributed by atoms with van der Waals surface area (Å²) in [6.07, 6.45) is 4.13. The van der Waals surface area contributed by atoms with Gasteiger partial charge in [-0.25, -0.2) is 9.97 Å². The van der Waals surface area contributed by atoms with Crippen LogP contribution in [0.25, 0.3) is 23.5 Å². The fraction of sp³-hybridized carbons (Fsp3) is 0. The van der Waals surface area contributed by atoms with E-state index in [0.29, 0.717) is 16.1 Å². The molecular weight excluding hydrogens is 315 g/mol. The number of hydrogen-bond acceptors (Lipinski definition) is 2. The lowest BCUT2D eigenvalue weighted by molar-refractivity contribution is 1.18. The fourth-order valence-corrected chi connectivity index (χ4v) is 2.44. The summed E-state index contributed by atoms with van der Waals surface area (Å²) in [5, 5.41) is 0.672. The monoisotopic (exact) mass is 326 g/mol. The Morgan fingerprint density at radius 3 is 1.82 bits per heavy atom. The molecule has 0 unspecified atom stereocenters. The number of hydrogen-bond donors (Lipinski definition) is 0. The van der Waals surface area contributed by atoms with Crippen LogP contribution in [0.1, 0.15) is 11.1 Å². The van der Waals surface area contributed by atoms with Crippen LogP contribution in [-0.4, -0.2) is 9.97 Å². The van der Waals surface area contributed by atoms with Crippen LogP contribution in [0, 0.1) is 0 Å². The van der Waals surface area contributed by atoms with Crippen molar-refractivity contribution in [3.63, 3.8) is 0 Å². The van der Waals surface area contributed by atoms with E-state index in [1.807, 2.05) is 42.5 Å². The summed E-state index contributed by atoms with van der Waals surface area (Å²) in [5.41, 5.74) is 3.14. The number of benzene rings is 2. The summed E-state index contributed by atoms with van der Waals surface area (Å²) in [4.78, 5) is 8.36. The molecule has 0 bridgehead atoms. The molecule has 0 fully saturated rings. The Labute approximate surface area is 139 Å². The van der Waals surface area contributed by atoms with Gasteiger partial charge in [-0.2, -0.15) is 0 Å². The Bertz CT molecular complexity index is 777. The highest BCUT2D eigenvalue weighted by Crippen LogP contribution is 2.21. The molecular formula is C18H12Cl2N2. The highest BCUT2D eigenvalue weighted by molar-refractivity contribution is 6.33. The van der Waals surface area contributed by atoms with E-state index >= 15 is 0 Å². The quantitative estimate of drug-likeness (QED) is 0.461. The first-order valence-electron chi connectivity index (χ1n) is 6.74. The molecule has 0 aliphatic carbocycles. The van der Waals surface area contributed by atoms with E-state index in [-0.39, 0.29) is 0 Å². The van der Waals surface area contributed by atoms with Crippen LogP contribution in [-0.2, 0) is 0 Å². The second-order valence-corrected chi connectivity index (χ2v) is 5.48. The van der Waals surface area contributed by atoms with Crippen LogP contribution >= 0.6 is 23.2 Å². The van der Waals surface area contributed by atoms with Crippen LogP contribution < -0.4 is 0 Å². The highest BCUT2D eigenvalue weighted by Gasteiger charge is 2.04. The van der Waals surface area contributed by atoms with E-state index in [1.165, 1.54) is 6.07 Å². The van der Waals surface area contributed by atoms with Crippen LogP contribution in [0.15, 0.2) is 60.7 Å². The lowest BCUT2D eigenvalue weighted by Gasteiger charge is -2.02. The summed E-state index contributed by atoms with van der Waals surface area (Å²) >= 11 is 11.8. The van der Waals surface area contributed by atoms with Gasteiger partial charge >= 0.3 is 0 Å². The Kier molecular flexibility index (Phi) is 4.52. The summed E-state index contributed by atoms with van der Waals surface area (Å²) in [7, 11) is 0. The van der Waals surface area contributed by atoms with Crippen molar-refractivity contribution in [2.24, 2.45) is 0 Å². The molecule has 2 aromatic carbocycles. The van der Waals surface area contributed by atoms with Crippen molar-refractivity contribution in [1.29, 1.82) is 0 Å². The molecule has 0 aliphatic rings. The largest absolute Gasteiger partial charge is 0.216 e. The standard InChI is InChI=1S/C18H12Cl2N2/c19-16-12-17(20)22-18(21-16)15-10-8-14(9-11-15)7-6-13-4-2-1-3-5-13/h1-12H/b7-6+. The third-order valence-corrected chi connectivity index (χ3v) is 3.49. The minimum atomic E-state index is 0.336. The van der Waals surface area contributed by atoms with Crippen molar-refractivity contribution >= 4 is 35.4 Å². The second-order valence-electron chi connectivity index (χ2n) is 4.70. The van der Waals surface area contributed by atoms with Gasteiger partial charge in [-0.1, -0.05) is 90.0 Å². The zero-order valence-corrected chi connectivity index (χ0v) is 13.1. The maximum Gasteiger partial charge on any atom is 0.162 e. The maximum absolute atomic E-state index is 5.90. The Balaban J connectivity index is 1.82. The lowest BCUT2D eigenvalue weighted by atomic mass is 10.1. The molecule has 0 radical (unpaired) electrons. The van der Waals surface area contributed by atoms with Gasteiger partial charge in [0.1, 0.15) is 10.3 Å². The molecule has 22 heavy (non-hydrogen) atoms. The summed E-state index contributed by atoms with van der Waals surface area (Å²) in [5.74, 6) is 0.524. The van der Waals surface area contributed by atoms with Gasteiger partial charge < -0.3 is 0 Å². The predicted octanol–water partition coefficient (Wildman–Crippen LogP) is 5.62. The van der Waals surface area contributed by atoms with Gasteiger partial charge in [-0.3, -0.25) is 0 Å². The van der Waals surface area contributed by atoms with Gasteiger partial charge in [-0.05, 0) is 11.1 Å². The van der Waals surface area contributed by atoms with E-state index in [0.717, 1.165) is 16.7 Å². The van der Waals surface area contributed by atoms with E-state index in [2.05, 4.69) is 34.3 Å². The molecule has 0 atom stereocenters. The molecule has 3 rings (SSSR count). The smallest absolute Gasteiger partial charge is 0.162 e. The molecule has 2 nitrogen and oxygen atoms in total. The first kappa shape index (κ1) is 14.8. The van der Waals surface area contributed by atoms with Gasteiger partial charge in [0.05, 0.1) is 0 Å². The molecule has 0 N–H and O–H groups in total. The number of aromatic nitrogens is 2. The fourth-order valence-electron chi connectivity index (χ4n) is 2.02. The van der Waals surface area contributed by atoms with Crippen molar-refractivity contribution in [2.75, 3.05) is 0 Å². The molecule has 1 aromatic heterocycles. The van der Waals surface area contributed by atoms with Crippen LogP contribution in [0.5, 0.6) is 0 Å². The van der Waals surface area contributed by atoms with Crippen molar-refractivity contribution < 1.29 is 0 Å². The first-order chi connectivity index (χ1) is 10.7. The third-order valence-electron chi connectivity index (χ3n) is 3.10. The molecule has 0 amide bonds. The highest BCUT2D eigenvalue weighted by atomic mass is 35.5. The average molecular weight is 327 g/mol. The number of nitrogens with zero attached hydrogens (tertiary/aromatic N) is 2. The Morgan fingerprint density at radius 1 is 0.682 bits per heavy atom. The third kappa shape index (κ3) is 3.73. The van der Waals surface area contributed by atoms with Crippen molar-refractivity contribution in [3.05, 3.63) is 82.1 Å². The van der Waals surface area contributed by atoms with Crippen molar-refractivity contribution in [2.45, 2.75) is 0 Å². The van der Waals surface area contributed by atoms with Crippen molar-refractivity contribution in [3.8, 4) is 11.4 Å². The molecule has 0 aliphatic heterocycles. The Morgan fingerprint density at radius 2 is 1.23 bits per heavy atom. The minimum Gasteiger partial charge on any atom is -0.216 e. The van der Waals surface area contributed by atoms with Gasteiger partial charge in [0, 0.05) is 11.6 Å². The summed E-state index contributed by atoms with van der Waals surface area (Å²) in [6, 6.07) is 19.6. The summed E-state index contributed by atoms with van der Waals surface area (Å²) < 4.78 is 0. The minimum absolute atomic E-state index is 0.336. The van der Waals surface area contributed by atoms with E-state index in [4.69, 9.17) is 23.2 Å². The molecule has 108 valence electrons.